The van der Waals surface area contributed by atoms with Crippen LogP contribution >= 0.6 is 9.24 Å². The molecule has 0 heterocycles. The smallest absolute Gasteiger partial charge is 0.222 e. The first-order valence-corrected chi connectivity index (χ1v) is 6.65. The molecule has 0 bridgehead atoms. The van der Waals surface area contributed by atoms with Gasteiger partial charge in [-0.25, -0.2) is 0 Å². The van der Waals surface area contributed by atoms with Crippen LogP contribution in [0, 0.1) is 5.92 Å². The van der Waals surface area contributed by atoms with Crippen molar-refractivity contribution in [1.82, 2.24) is 10.6 Å². The van der Waals surface area contributed by atoms with Gasteiger partial charge < -0.3 is 10.6 Å². The van der Waals surface area contributed by atoms with Crippen molar-refractivity contribution >= 4 is 21.1 Å². The molecule has 0 fully saturated rings. The number of nitrogens with one attached hydrogen (secondary N) is 2. The second-order valence-electron chi connectivity index (χ2n) is 3.73. The molecule has 0 aromatic heterocycles. The van der Waals surface area contributed by atoms with Crippen LogP contribution in [-0.4, -0.2) is 31.6 Å². The van der Waals surface area contributed by atoms with Crippen LogP contribution < -0.4 is 10.6 Å². The molecule has 0 aromatic carbocycles. The van der Waals surface area contributed by atoms with Gasteiger partial charge in [0.05, 0.1) is 0 Å². The lowest BCUT2D eigenvalue weighted by Crippen LogP contribution is -2.32. The van der Waals surface area contributed by atoms with Crippen molar-refractivity contribution in [2.24, 2.45) is 5.92 Å². The van der Waals surface area contributed by atoms with E-state index in [9.17, 15) is 9.59 Å². The lowest BCUT2D eigenvalue weighted by molar-refractivity contribution is -0.125. The van der Waals surface area contributed by atoms with Crippen molar-refractivity contribution < 1.29 is 9.59 Å². The quantitative estimate of drug-likeness (QED) is 0.626. The number of carbonyl (C=O) groups is 2. The summed E-state index contributed by atoms with van der Waals surface area (Å²) in [4.78, 5) is 22.6. The van der Waals surface area contributed by atoms with Gasteiger partial charge in [-0.15, -0.1) is 9.24 Å². The molecule has 0 radical (unpaired) electrons. The summed E-state index contributed by atoms with van der Waals surface area (Å²) in [5.74, 6) is 0.133. The van der Waals surface area contributed by atoms with Crippen LogP contribution in [0.25, 0.3) is 0 Å². The molecule has 0 aliphatic carbocycles. The fourth-order valence-corrected chi connectivity index (χ4v) is 1.72. The average molecular weight is 246 g/mol. The van der Waals surface area contributed by atoms with Crippen molar-refractivity contribution in [2.75, 3.05) is 19.8 Å². The molecule has 2 amide bonds. The van der Waals surface area contributed by atoms with Gasteiger partial charge in [0, 0.05) is 25.9 Å². The van der Waals surface area contributed by atoms with Gasteiger partial charge >= 0.3 is 0 Å². The maximum absolute atomic E-state index is 11.5. The van der Waals surface area contributed by atoms with E-state index in [1.807, 2.05) is 6.92 Å². The predicted octanol–water partition coefficient (Wildman–Crippen LogP) is 0.920. The zero-order valence-electron chi connectivity index (χ0n) is 10.2. The highest BCUT2D eigenvalue weighted by atomic mass is 31.0. The Balaban J connectivity index is 3.91. The summed E-state index contributed by atoms with van der Waals surface area (Å²) in [5, 5.41) is 5.46. The maximum atomic E-state index is 11.5. The van der Waals surface area contributed by atoms with Crippen molar-refractivity contribution in [1.29, 1.82) is 0 Å². The van der Waals surface area contributed by atoms with Gasteiger partial charge in [-0.3, -0.25) is 9.59 Å². The van der Waals surface area contributed by atoms with Crippen molar-refractivity contribution in [3.05, 3.63) is 0 Å². The summed E-state index contributed by atoms with van der Waals surface area (Å²) in [7, 11) is 4.32. The largest absolute Gasteiger partial charge is 0.359 e. The van der Waals surface area contributed by atoms with Gasteiger partial charge in [-0.2, -0.15) is 0 Å². The molecule has 4 nitrogen and oxygen atoms in total. The third-order valence-corrected chi connectivity index (χ3v) is 2.92. The summed E-state index contributed by atoms with van der Waals surface area (Å²) in [5.41, 5.74) is 0. The molecule has 2 N–H and O–H groups in total. The Morgan fingerprint density at radius 2 is 2.00 bits per heavy atom. The van der Waals surface area contributed by atoms with Crippen LogP contribution in [0.15, 0.2) is 0 Å². The van der Waals surface area contributed by atoms with E-state index < -0.39 is 0 Å². The SMILES string of the molecule is CCC(=O)NCCC(CCCP)C(=O)NC. The van der Waals surface area contributed by atoms with Crippen molar-refractivity contribution in [3.8, 4) is 0 Å². The molecule has 0 saturated carbocycles. The molecule has 5 heteroatoms. The Morgan fingerprint density at radius 3 is 2.50 bits per heavy atom. The second-order valence-corrected chi connectivity index (χ2v) is 4.31. The molecular weight excluding hydrogens is 223 g/mol. The predicted molar refractivity (Wildman–Crippen MR) is 69.3 cm³/mol. The van der Waals surface area contributed by atoms with Gasteiger partial charge in [-0.1, -0.05) is 6.92 Å². The fraction of sp³-hybridized carbons (Fsp3) is 0.818. The monoisotopic (exact) mass is 246 g/mol. The summed E-state index contributed by atoms with van der Waals surface area (Å²) in [6, 6.07) is 0. The first-order chi connectivity index (χ1) is 7.65. The van der Waals surface area contributed by atoms with E-state index in [0.29, 0.717) is 13.0 Å². The lowest BCUT2D eigenvalue weighted by atomic mass is 9.99. The number of hydrogen-bond donors (Lipinski definition) is 2. The summed E-state index contributed by atoms with van der Waals surface area (Å²) >= 11 is 0. The van der Waals surface area contributed by atoms with E-state index in [2.05, 4.69) is 19.9 Å². The van der Waals surface area contributed by atoms with Gasteiger partial charge in [0.2, 0.25) is 11.8 Å². The Kier molecular flexibility index (Phi) is 9.21. The topological polar surface area (TPSA) is 58.2 Å². The third-order valence-electron chi connectivity index (χ3n) is 2.51. The van der Waals surface area contributed by atoms with Gasteiger partial charge in [-0.05, 0) is 25.4 Å². The Labute approximate surface area is 100 Å². The van der Waals surface area contributed by atoms with Crippen LogP contribution in [0.3, 0.4) is 0 Å². The van der Waals surface area contributed by atoms with Crippen LogP contribution in [-0.2, 0) is 9.59 Å². The van der Waals surface area contributed by atoms with E-state index in [1.54, 1.807) is 7.05 Å². The highest BCUT2D eigenvalue weighted by Gasteiger charge is 2.16. The minimum atomic E-state index is 0.0164. The van der Waals surface area contributed by atoms with Crippen LogP contribution in [0.5, 0.6) is 0 Å². The lowest BCUT2D eigenvalue weighted by Gasteiger charge is -2.15. The van der Waals surface area contributed by atoms with Gasteiger partial charge in [0.15, 0.2) is 0 Å². The van der Waals surface area contributed by atoms with Gasteiger partial charge in [0.25, 0.3) is 0 Å². The number of rotatable bonds is 8. The molecule has 16 heavy (non-hydrogen) atoms. The number of hydrogen-bond acceptors (Lipinski definition) is 2. The Morgan fingerprint density at radius 1 is 1.31 bits per heavy atom. The van der Waals surface area contributed by atoms with Crippen molar-refractivity contribution in [3.63, 3.8) is 0 Å². The highest BCUT2D eigenvalue weighted by molar-refractivity contribution is 7.16. The average Bonchev–Trinajstić information content (AvgIpc) is 2.32. The molecule has 0 spiro atoms. The van der Waals surface area contributed by atoms with Gasteiger partial charge in [0.1, 0.15) is 0 Å². The highest BCUT2D eigenvalue weighted by Crippen LogP contribution is 2.12. The van der Waals surface area contributed by atoms with E-state index in [-0.39, 0.29) is 17.7 Å². The summed E-state index contributed by atoms with van der Waals surface area (Å²) in [6.45, 7) is 2.40. The zero-order chi connectivity index (χ0) is 12.4. The standard InChI is InChI=1S/C11H23N2O2P/c1-3-10(14)13-7-6-9(5-4-8-16)11(15)12-2/h9H,3-8,16H2,1-2H3,(H,12,15)(H,13,14). The first kappa shape index (κ1) is 15.4. The molecule has 0 rings (SSSR count). The number of amides is 2. The van der Waals surface area contributed by atoms with Crippen LogP contribution in [0.4, 0.5) is 0 Å². The van der Waals surface area contributed by atoms with E-state index in [1.165, 1.54) is 0 Å². The maximum Gasteiger partial charge on any atom is 0.222 e. The van der Waals surface area contributed by atoms with Crippen LogP contribution in [0.2, 0.25) is 0 Å². The molecular formula is C11H23N2O2P. The molecule has 94 valence electrons. The van der Waals surface area contributed by atoms with Crippen molar-refractivity contribution in [2.45, 2.75) is 32.6 Å². The second kappa shape index (κ2) is 9.59. The number of carbonyl (C=O) groups excluding carboxylic acids is 2. The minimum absolute atomic E-state index is 0.0164. The molecule has 2 atom stereocenters. The first-order valence-electron chi connectivity index (χ1n) is 5.84. The molecule has 0 aliphatic rings. The summed E-state index contributed by atoms with van der Waals surface area (Å²) < 4.78 is 0. The molecule has 0 aliphatic heterocycles. The zero-order valence-corrected chi connectivity index (χ0v) is 11.4. The summed E-state index contributed by atoms with van der Waals surface area (Å²) in [6.07, 6.45) is 4.12. The fourth-order valence-electron chi connectivity index (χ4n) is 1.49. The van der Waals surface area contributed by atoms with E-state index in [4.69, 9.17) is 0 Å². The van der Waals surface area contributed by atoms with Crippen LogP contribution in [0.1, 0.15) is 32.6 Å². The molecule has 0 aromatic rings. The van der Waals surface area contributed by atoms with E-state index in [0.717, 1.165) is 25.4 Å². The molecule has 0 saturated heterocycles. The minimum Gasteiger partial charge on any atom is -0.359 e. The Bertz CT molecular complexity index is 222. The third kappa shape index (κ3) is 6.78. The normalized spacial score (nSPS) is 11.9. The van der Waals surface area contributed by atoms with E-state index >= 15 is 0 Å². The molecule has 2 unspecified atom stereocenters. The Hall–Kier alpha value is -0.630.